The van der Waals surface area contributed by atoms with Crippen LogP contribution in [0.5, 0.6) is 0 Å². The first-order valence-electron chi connectivity index (χ1n) is 22.8. The van der Waals surface area contributed by atoms with E-state index in [2.05, 4.69) is 20.8 Å². The van der Waals surface area contributed by atoms with Gasteiger partial charge >= 0.3 is 17.9 Å². The summed E-state index contributed by atoms with van der Waals surface area (Å²) in [4.78, 5) is 36.7. The van der Waals surface area contributed by atoms with Crippen molar-refractivity contribution >= 4 is 17.9 Å². The van der Waals surface area contributed by atoms with Crippen molar-refractivity contribution in [2.45, 2.75) is 226 Å². The molecule has 0 aromatic rings. The SMILES string of the molecule is CCCCCCCCCCOC(=O)CCCCCCCCCC(=O)OCC(CO)COC(=O)CCC(OCCCCCCCC)OCCCCCCCC. The molecule has 0 aliphatic carbocycles. The minimum atomic E-state index is -0.455. The Bertz CT molecular complexity index is 803. The molecular weight excluding hydrogens is 684 g/mol. The number of esters is 3. The Labute approximate surface area is 332 Å². The standard InChI is InChI=1S/C45H86O9/c1-4-7-10-13-16-20-25-28-35-50-42(47)31-26-21-18-17-19-22-27-32-43(48)53-39-41(38-46)40-54-44(49)33-34-45(51-36-29-23-14-11-8-5-2)52-37-30-24-15-12-9-6-3/h41,45-46H,4-40H2,1-3H3. The molecular formula is C45H86O9. The van der Waals surface area contributed by atoms with Gasteiger partial charge < -0.3 is 28.8 Å². The summed E-state index contributed by atoms with van der Waals surface area (Å²) in [6.45, 7) is 8.26. The zero-order chi connectivity index (χ0) is 39.6. The topological polar surface area (TPSA) is 118 Å². The van der Waals surface area contributed by atoms with Gasteiger partial charge in [-0.1, -0.05) is 162 Å². The maximum atomic E-state index is 12.5. The van der Waals surface area contributed by atoms with E-state index in [9.17, 15) is 19.5 Å². The molecule has 0 saturated heterocycles. The summed E-state index contributed by atoms with van der Waals surface area (Å²) < 4.78 is 28.2. The first kappa shape index (κ1) is 52.3. The fourth-order valence-corrected chi connectivity index (χ4v) is 6.28. The first-order chi connectivity index (χ1) is 26.5. The molecule has 1 unspecified atom stereocenters. The molecule has 0 aliphatic heterocycles. The molecule has 0 saturated carbocycles. The molecule has 320 valence electrons. The molecule has 0 spiro atoms. The zero-order valence-electron chi connectivity index (χ0n) is 35.5. The van der Waals surface area contributed by atoms with Crippen LogP contribution in [0.4, 0.5) is 0 Å². The summed E-state index contributed by atoms with van der Waals surface area (Å²) >= 11 is 0. The van der Waals surface area contributed by atoms with Gasteiger partial charge in [-0.2, -0.15) is 0 Å². The van der Waals surface area contributed by atoms with Crippen molar-refractivity contribution in [3.05, 3.63) is 0 Å². The number of ether oxygens (including phenoxy) is 5. The monoisotopic (exact) mass is 771 g/mol. The second-order valence-electron chi connectivity index (χ2n) is 15.3. The average molecular weight is 771 g/mol. The van der Waals surface area contributed by atoms with Crippen molar-refractivity contribution < 1.29 is 43.2 Å². The van der Waals surface area contributed by atoms with Crippen molar-refractivity contribution in [2.24, 2.45) is 5.92 Å². The molecule has 0 aliphatic rings. The number of hydrogen-bond donors (Lipinski definition) is 1. The van der Waals surface area contributed by atoms with Gasteiger partial charge in [0.15, 0.2) is 6.29 Å². The summed E-state index contributed by atoms with van der Waals surface area (Å²) in [5.41, 5.74) is 0. The molecule has 1 atom stereocenters. The van der Waals surface area contributed by atoms with Gasteiger partial charge in [-0.3, -0.25) is 14.4 Å². The van der Waals surface area contributed by atoms with Gasteiger partial charge in [-0.05, 0) is 32.1 Å². The maximum absolute atomic E-state index is 12.5. The lowest BCUT2D eigenvalue weighted by molar-refractivity contribution is -0.161. The molecule has 0 heterocycles. The molecule has 0 rings (SSSR count). The smallest absolute Gasteiger partial charge is 0.305 e. The number of aliphatic hydroxyl groups excluding tert-OH is 1. The Balaban J connectivity index is 3.99. The van der Waals surface area contributed by atoms with E-state index < -0.39 is 12.2 Å². The summed E-state index contributed by atoms with van der Waals surface area (Å²) in [5.74, 6) is -1.19. The van der Waals surface area contributed by atoms with Gasteiger partial charge in [0.25, 0.3) is 0 Å². The van der Waals surface area contributed by atoms with Crippen LogP contribution in [0, 0.1) is 5.92 Å². The number of carbonyl (C=O) groups is 3. The normalized spacial score (nSPS) is 11.9. The van der Waals surface area contributed by atoms with Crippen LogP contribution in [-0.2, 0) is 38.1 Å². The van der Waals surface area contributed by atoms with Gasteiger partial charge in [-0.15, -0.1) is 0 Å². The van der Waals surface area contributed by atoms with Gasteiger partial charge in [0.2, 0.25) is 0 Å². The Morgan fingerprint density at radius 2 is 0.741 bits per heavy atom. The van der Waals surface area contributed by atoms with Crippen LogP contribution in [-0.4, -0.2) is 68.9 Å². The molecule has 9 heteroatoms. The predicted molar refractivity (Wildman–Crippen MR) is 219 cm³/mol. The lowest BCUT2D eigenvalue weighted by atomic mass is 10.1. The molecule has 54 heavy (non-hydrogen) atoms. The van der Waals surface area contributed by atoms with Gasteiger partial charge in [0, 0.05) is 32.5 Å². The van der Waals surface area contributed by atoms with E-state index in [1.54, 1.807) is 0 Å². The van der Waals surface area contributed by atoms with E-state index in [4.69, 9.17) is 23.7 Å². The molecule has 0 bridgehead atoms. The second kappa shape index (κ2) is 42.4. The van der Waals surface area contributed by atoms with Crippen LogP contribution >= 0.6 is 0 Å². The highest BCUT2D eigenvalue weighted by Gasteiger charge is 2.17. The molecule has 9 nitrogen and oxygen atoms in total. The van der Waals surface area contributed by atoms with Gasteiger partial charge in [-0.25, -0.2) is 0 Å². The highest BCUT2D eigenvalue weighted by atomic mass is 16.7. The third kappa shape index (κ3) is 38.6. The minimum absolute atomic E-state index is 0.00148. The van der Waals surface area contributed by atoms with Crippen LogP contribution in [0.3, 0.4) is 0 Å². The molecule has 0 aromatic heterocycles. The van der Waals surface area contributed by atoms with Crippen LogP contribution in [0.2, 0.25) is 0 Å². The Morgan fingerprint density at radius 3 is 1.15 bits per heavy atom. The van der Waals surface area contributed by atoms with Crippen LogP contribution in [0.1, 0.15) is 220 Å². The largest absolute Gasteiger partial charge is 0.466 e. The van der Waals surface area contributed by atoms with E-state index in [0.717, 1.165) is 83.5 Å². The highest BCUT2D eigenvalue weighted by molar-refractivity contribution is 5.70. The summed E-state index contributed by atoms with van der Waals surface area (Å²) in [6.07, 6.45) is 31.9. The van der Waals surface area contributed by atoms with E-state index >= 15 is 0 Å². The van der Waals surface area contributed by atoms with E-state index in [0.29, 0.717) is 39.1 Å². The second-order valence-corrected chi connectivity index (χ2v) is 15.3. The number of hydrogen-bond acceptors (Lipinski definition) is 9. The third-order valence-corrected chi connectivity index (χ3v) is 9.93. The van der Waals surface area contributed by atoms with Crippen LogP contribution in [0.15, 0.2) is 0 Å². The molecule has 1 N–H and O–H groups in total. The molecule has 0 aromatic carbocycles. The number of carbonyl (C=O) groups excluding carboxylic acids is 3. The summed E-state index contributed by atoms with van der Waals surface area (Å²) in [7, 11) is 0. The lowest BCUT2D eigenvalue weighted by Crippen LogP contribution is -2.25. The molecule has 0 fully saturated rings. The molecule has 0 amide bonds. The van der Waals surface area contributed by atoms with E-state index in [1.165, 1.54) is 89.9 Å². The molecule has 0 radical (unpaired) electrons. The van der Waals surface area contributed by atoms with Crippen molar-refractivity contribution in [2.75, 3.05) is 39.6 Å². The minimum Gasteiger partial charge on any atom is -0.466 e. The Kier molecular flexibility index (Phi) is 41.1. The predicted octanol–water partition coefficient (Wildman–Crippen LogP) is 11.7. The number of aliphatic hydroxyl groups is 1. The van der Waals surface area contributed by atoms with Crippen molar-refractivity contribution in [1.29, 1.82) is 0 Å². The van der Waals surface area contributed by atoms with Crippen molar-refractivity contribution in [3.63, 3.8) is 0 Å². The highest BCUT2D eigenvalue weighted by Crippen LogP contribution is 2.14. The Hall–Kier alpha value is -1.71. The number of rotatable bonds is 43. The van der Waals surface area contributed by atoms with E-state index in [-0.39, 0.29) is 44.1 Å². The fourth-order valence-electron chi connectivity index (χ4n) is 6.28. The zero-order valence-corrected chi connectivity index (χ0v) is 35.5. The van der Waals surface area contributed by atoms with Crippen LogP contribution < -0.4 is 0 Å². The third-order valence-electron chi connectivity index (χ3n) is 9.93. The fraction of sp³-hybridized carbons (Fsp3) is 0.933. The quantitative estimate of drug-likeness (QED) is 0.0280. The van der Waals surface area contributed by atoms with Crippen molar-refractivity contribution in [3.8, 4) is 0 Å². The maximum Gasteiger partial charge on any atom is 0.305 e. The van der Waals surface area contributed by atoms with Gasteiger partial charge in [0.05, 0.1) is 38.8 Å². The summed E-state index contributed by atoms with van der Waals surface area (Å²) in [5, 5.41) is 9.76. The average Bonchev–Trinajstić information content (AvgIpc) is 3.17. The van der Waals surface area contributed by atoms with Gasteiger partial charge in [0.1, 0.15) is 0 Å². The summed E-state index contributed by atoms with van der Waals surface area (Å²) in [6, 6.07) is 0. The van der Waals surface area contributed by atoms with Crippen LogP contribution in [0.25, 0.3) is 0 Å². The first-order valence-corrected chi connectivity index (χ1v) is 22.8. The number of unbranched alkanes of at least 4 members (excludes halogenated alkanes) is 23. The lowest BCUT2D eigenvalue weighted by Gasteiger charge is -2.19. The Morgan fingerprint density at radius 1 is 0.407 bits per heavy atom. The van der Waals surface area contributed by atoms with Crippen molar-refractivity contribution in [1.82, 2.24) is 0 Å². The van der Waals surface area contributed by atoms with E-state index in [1.807, 2.05) is 0 Å².